The quantitative estimate of drug-likeness (QED) is 0.934. The van der Waals surface area contributed by atoms with Crippen LogP contribution in [-0.4, -0.2) is 11.7 Å². The molecule has 0 saturated carbocycles. The summed E-state index contributed by atoms with van der Waals surface area (Å²) in [6.45, 7) is 0.275. The van der Waals surface area contributed by atoms with Crippen LogP contribution in [-0.2, 0) is 0 Å². The van der Waals surface area contributed by atoms with Crippen molar-refractivity contribution in [3.8, 4) is 5.75 Å². The maximum atomic E-state index is 9.86. The first-order valence-electron chi connectivity index (χ1n) is 4.87. The van der Waals surface area contributed by atoms with Gasteiger partial charge in [0.1, 0.15) is 18.5 Å². The Bertz CT molecular complexity index is 441. The van der Waals surface area contributed by atoms with Crippen molar-refractivity contribution >= 4 is 27.3 Å². The summed E-state index contributed by atoms with van der Waals surface area (Å²) in [7, 11) is 0. The Kier molecular flexibility index (Phi) is 3.98. The first-order valence-corrected chi connectivity index (χ1v) is 6.48. The lowest BCUT2D eigenvalue weighted by Gasteiger charge is -2.10. The van der Waals surface area contributed by atoms with Crippen LogP contribution in [0, 0.1) is 0 Å². The van der Waals surface area contributed by atoms with E-state index in [1.54, 1.807) is 0 Å². The largest absolute Gasteiger partial charge is 0.490 e. The summed E-state index contributed by atoms with van der Waals surface area (Å²) in [5.41, 5.74) is 0. The summed E-state index contributed by atoms with van der Waals surface area (Å²) in [5.74, 6) is 0.775. The molecule has 0 aliphatic heterocycles. The SMILES string of the molecule is OC(COc1ccccc1)c1ccc(Br)s1. The summed E-state index contributed by atoms with van der Waals surface area (Å²) in [4.78, 5) is 0.905. The molecule has 0 spiro atoms. The molecule has 2 nitrogen and oxygen atoms in total. The lowest BCUT2D eigenvalue weighted by molar-refractivity contribution is 0.111. The first-order chi connectivity index (χ1) is 7.75. The molecule has 1 heterocycles. The highest BCUT2D eigenvalue weighted by Crippen LogP contribution is 2.27. The van der Waals surface area contributed by atoms with E-state index in [9.17, 15) is 5.11 Å². The van der Waals surface area contributed by atoms with Gasteiger partial charge >= 0.3 is 0 Å². The Morgan fingerprint density at radius 1 is 1.19 bits per heavy atom. The number of halogens is 1. The molecule has 0 bridgehead atoms. The van der Waals surface area contributed by atoms with Crippen molar-refractivity contribution in [2.75, 3.05) is 6.61 Å². The second kappa shape index (κ2) is 5.48. The number of thiophene rings is 1. The van der Waals surface area contributed by atoms with E-state index in [-0.39, 0.29) is 6.61 Å². The number of hydrogen-bond acceptors (Lipinski definition) is 3. The van der Waals surface area contributed by atoms with E-state index in [0.29, 0.717) is 0 Å². The summed E-state index contributed by atoms with van der Waals surface area (Å²) >= 11 is 4.88. The van der Waals surface area contributed by atoms with Gasteiger partial charge in [0, 0.05) is 4.88 Å². The highest BCUT2D eigenvalue weighted by molar-refractivity contribution is 9.11. The Morgan fingerprint density at radius 3 is 2.56 bits per heavy atom. The van der Waals surface area contributed by atoms with Crippen LogP contribution >= 0.6 is 27.3 Å². The van der Waals surface area contributed by atoms with E-state index < -0.39 is 6.10 Å². The third-order valence-electron chi connectivity index (χ3n) is 2.07. The average Bonchev–Trinajstić information content (AvgIpc) is 2.74. The second-order valence-electron chi connectivity index (χ2n) is 3.28. The number of para-hydroxylation sites is 1. The highest BCUT2D eigenvalue weighted by atomic mass is 79.9. The number of benzene rings is 1. The molecule has 1 aromatic carbocycles. The zero-order valence-electron chi connectivity index (χ0n) is 8.47. The summed E-state index contributed by atoms with van der Waals surface area (Å²) in [6.07, 6.45) is -0.573. The fraction of sp³-hybridized carbons (Fsp3) is 0.167. The van der Waals surface area contributed by atoms with Crippen molar-refractivity contribution in [1.29, 1.82) is 0 Å². The molecule has 0 amide bonds. The smallest absolute Gasteiger partial charge is 0.122 e. The molecular formula is C12H11BrO2S. The average molecular weight is 299 g/mol. The van der Waals surface area contributed by atoms with E-state index in [1.807, 2.05) is 42.5 Å². The van der Waals surface area contributed by atoms with Gasteiger partial charge in [0.2, 0.25) is 0 Å². The van der Waals surface area contributed by atoms with Crippen LogP contribution < -0.4 is 4.74 Å². The Balaban J connectivity index is 1.91. The third-order valence-corrected chi connectivity index (χ3v) is 3.80. The molecule has 1 aromatic heterocycles. The van der Waals surface area contributed by atoms with Crippen LogP contribution in [0.25, 0.3) is 0 Å². The van der Waals surface area contributed by atoms with Gasteiger partial charge in [0.05, 0.1) is 3.79 Å². The summed E-state index contributed by atoms with van der Waals surface area (Å²) in [6, 6.07) is 13.3. The Labute approximate surface area is 107 Å². The van der Waals surface area contributed by atoms with Crippen molar-refractivity contribution in [3.63, 3.8) is 0 Å². The summed E-state index contributed by atoms with van der Waals surface area (Å²) in [5, 5.41) is 9.86. The van der Waals surface area contributed by atoms with E-state index >= 15 is 0 Å². The predicted molar refractivity (Wildman–Crippen MR) is 68.9 cm³/mol. The van der Waals surface area contributed by atoms with Gasteiger partial charge < -0.3 is 9.84 Å². The number of rotatable bonds is 4. The van der Waals surface area contributed by atoms with E-state index in [1.165, 1.54) is 11.3 Å². The number of aliphatic hydroxyl groups is 1. The van der Waals surface area contributed by atoms with Crippen LogP contribution in [0.4, 0.5) is 0 Å². The molecule has 4 heteroatoms. The molecule has 0 saturated heterocycles. The predicted octanol–water partition coefficient (Wildman–Crippen LogP) is 3.62. The fourth-order valence-electron chi connectivity index (χ4n) is 1.28. The minimum Gasteiger partial charge on any atom is -0.490 e. The van der Waals surface area contributed by atoms with E-state index in [4.69, 9.17) is 4.74 Å². The maximum absolute atomic E-state index is 9.86. The van der Waals surface area contributed by atoms with Gasteiger partial charge in [-0.05, 0) is 40.2 Å². The highest BCUT2D eigenvalue weighted by Gasteiger charge is 2.10. The van der Waals surface area contributed by atoms with Crippen LogP contribution in [0.3, 0.4) is 0 Å². The molecule has 0 aliphatic rings. The number of ether oxygens (including phenoxy) is 1. The topological polar surface area (TPSA) is 29.5 Å². The molecule has 1 unspecified atom stereocenters. The molecule has 84 valence electrons. The Hall–Kier alpha value is -0.840. The number of aliphatic hydroxyl groups excluding tert-OH is 1. The second-order valence-corrected chi connectivity index (χ2v) is 5.78. The van der Waals surface area contributed by atoms with Crippen molar-refractivity contribution in [2.24, 2.45) is 0 Å². The molecular weight excluding hydrogens is 288 g/mol. The lowest BCUT2D eigenvalue weighted by atomic mass is 10.3. The molecule has 0 radical (unpaired) electrons. The van der Waals surface area contributed by atoms with Crippen molar-refractivity contribution < 1.29 is 9.84 Å². The van der Waals surface area contributed by atoms with Crippen LogP contribution in [0.2, 0.25) is 0 Å². The third kappa shape index (κ3) is 3.07. The van der Waals surface area contributed by atoms with Crippen LogP contribution in [0.15, 0.2) is 46.3 Å². The van der Waals surface area contributed by atoms with Gasteiger partial charge in [-0.1, -0.05) is 18.2 Å². The molecule has 0 fully saturated rings. The normalized spacial score (nSPS) is 12.4. The zero-order valence-corrected chi connectivity index (χ0v) is 10.9. The van der Waals surface area contributed by atoms with E-state index in [0.717, 1.165) is 14.4 Å². The molecule has 1 N–H and O–H groups in total. The number of hydrogen-bond donors (Lipinski definition) is 1. The van der Waals surface area contributed by atoms with E-state index in [2.05, 4.69) is 15.9 Å². The summed E-state index contributed by atoms with van der Waals surface area (Å²) < 4.78 is 6.49. The van der Waals surface area contributed by atoms with Gasteiger partial charge in [-0.3, -0.25) is 0 Å². The molecule has 2 rings (SSSR count). The zero-order chi connectivity index (χ0) is 11.4. The van der Waals surface area contributed by atoms with Gasteiger partial charge in [-0.2, -0.15) is 0 Å². The molecule has 2 aromatic rings. The maximum Gasteiger partial charge on any atom is 0.122 e. The molecule has 1 atom stereocenters. The molecule has 16 heavy (non-hydrogen) atoms. The van der Waals surface area contributed by atoms with Crippen LogP contribution in [0.5, 0.6) is 5.75 Å². The van der Waals surface area contributed by atoms with Crippen molar-refractivity contribution in [1.82, 2.24) is 0 Å². The van der Waals surface area contributed by atoms with Crippen molar-refractivity contribution in [3.05, 3.63) is 51.1 Å². The van der Waals surface area contributed by atoms with Gasteiger partial charge in [0.25, 0.3) is 0 Å². The monoisotopic (exact) mass is 298 g/mol. The minimum absolute atomic E-state index is 0.275. The van der Waals surface area contributed by atoms with Crippen LogP contribution in [0.1, 0.15) is 11.0 Å². The minimum atomic E-state index is -0.573. The van der Waals surface area contributed by atoms with Gasteiger partial charge in [0.15, 0.2) is 0 Å². The van der Waals surface area contributed by atoms with Gasteiger partial charge in [-0.25, -0.2) is 0 Å². The fourth-order valence-corrected chi connectivity index (χ4v) is 2.68. The molecule has 0 aliphatic carbocycles. The van der Waals surface area contributed by atoms with Gasteiger partial charge in [-0.15, -0.1) is 11.3 Å². The standard InChI is InChI=1S/C12H11BrO2S/c13-12-7-6-11(16-12)10(14)8-15-9-4-2-1-3-5-9/h1-7,10,14H,8H2. The Morgan fingerprint density at radius 2 is 1.94 bits per heavy atom. The lowest BCUT2D eigenvalue weighted by Crippen LogP contribution is -2.08. The van der Waals surface area contributed by atoms with Crippen molar-refractivity contribution in [2.45, 2.75) is 6.10 Å². The first kappa shape index (κ1) is 11.6.